The van der Waals surface area contributed by atoms with Gasteiger partial charge < -0.3 is 0 Å². The van der Waals surface area contributed by atoms with Crippen LogP contribution in [0.4, 0.5) is 0 Å². The maximum atomic E-state index is 5.66. The minimum Gasteiger partial charge on any atom is -0.271 e. The van der Waals surface area contributed by atoms with Crippen molar-refractivity contribution in [2.75, 3.05) is 0 Å². The van der Waals surface area contributed by atoms with Gasteiger partial charge in [0.15, 0.2) is 0 Å². The fourth-order valence-electron chi connectivity index (χ4n) is 2.15. The van der Waals surface area contributed by atoms with Gasteiger partial charge in [-0.15, -0.1) is 0 Å². The zero-order valence-electron chi connectivity index (χ0n) is 9.85. The van der Waals surface area contributed by atoms with Gasteiger partial charge in [0.25, 0.3) is 0 Å². The maximum Gasteiger partial charge on any atom is 0.0323 e. The summed E-state index contributed by atoms with van der Waals surface area (Å²) in [5, 5.41) is 0. The molecule has 0 saturated carbocycles. The van der Waals surface area contributed by atoms with Gasteiger partial charge in [-0.25, -0.2) is 0 Å². The fourth-order valence-corrected chi connectivity index (χ4v) is 2.15. The smallest absolute Gasteiger partial charge is 0.0323 e. The van der Waals surface area contributed by atoms with Crippen molar-refractivity contribution >= 4 is 0 Å². The molecule has 2 heteroatoms. The van der Waals surface area contributed by atoms with Crippen molar-refractivity contribution in [3.05, 3.63) is 0 Å². The molecular weight excluding hydrogens is 160 g/mol. The lowest BCUT2D eigenvalue weighted by Crippen LogP contribution is -2.50. The third kappa shape index (κ3) is 4.63. The quantitative estimate of drug-likeness (QED) is 0.494. The van der Waals surface area contributed by atoms with Gasteiger partial charge in [0.1, 0.15) is 0 Å². The van der Waals surface area contributed by atoms with Gasteiger partial charge in [-0.05, 0) is 31.1 Å². The summed E-state index contributed by atoms with van der Waals surface area (Å²) in [5.41, 5.74) is 3.18. The van der Waals surface area contributed by atoms with Gasteiger partial charge in [-0.3, -0.25) is 11.3 Å². The highest BCUT2D eigenvalue weighted by Crippen LogP contribution is 2.27. The summed E-state index contributed by atoms with van der Waals surface area (Å²) in [6.07, 6.45) is 3.44. The maximum absolute atomic E-state index is 5.66. The van der Waals surface area contributed by atoms with Crippen molar-refractivity contribution in [2.24, 2.45) is 17.7 Å². The molecule has 13 heavy (non-hydrogen) atoms. The minimum atomic E-state index is 0.155. The van der Waals surface area contributed by atoms with Gasteiger partial charge in [0.2, 0.25) is 0 Å². The molecule has 0 saturated heterocycles. The zero-order chi connectivity index (χ0) is 10.5. The van der Waals surface area contributed by atoms with Gasteiger partial charge in [0, 0.05) is 5.54 Å². The highest BCUT2D eigenvalue weighted by atomic mass is 15.3. The molecule has 0 aliphatic carbocycles. The molecule has 0 heterocycles. The van der Waals surface area contributed by atoms with E-state index in [0.29, 0.717) is 11.8 Å². The van der Waals surface area contributed by atoms with Crippen LogP contribution in [-0.2, 0) is 0 Å². The summed E-state index contributed by atoms with van der Waals surface area (Å²) in [6, 6.07) is 0. The van der Waals surface area contributed by atoms with E-state index >= 15 is 0 Å². The molecule has 0 bridgehead atoms. The molecule has 0 aliphatic heterocycles. The summed E-state index contributed by atoms with van der Waals surface area (Å²) >= 11 is 0. The topological polar surface area (TPSA) is 38.0 Å². The lowest BCUT2D eigenvalue weighted by atomic mass is 9.80. The van der Waals surface area contributed by atoms with Crippen LogP contribution < -0.4 is 11.3 Å². The fraction of sp³-hybridized carbons (Fsp3) is 1.00. The Hall–Kier alpha value is -0.0800. The molecule has 0 rings (SSSR count). The van der Waals surface area contributed by atoms with E-state index < -0.39 is 0 Å². The van der Waals surface area contributed by atoms with Crippen molar-refractivity contribution in [2.45, 2.75) is 59.4 Å². The zero-order valence-corrected chi connectivity index (χ0v) is 9.85. The van der Waals surface area contributed by atoms with Crippen LogP contribution in [0, 0.1) is 11.8 Å². The molecule has 0 radical (unpaired) electrons. The van der Waals surface area contributed by atoms with Crippen LogP contribution in [0.15, 0.2) is 0 Å². The molecule has 0 aromatic heterocycles. The third-order valence-electron chi connectivity index (χ3n) is 2.58. The van der Waals surface area contributed by atoms with Crippen molar-refractivity contribution in [3.8, 4) is 0 Å². The van der Waals surface area contributed by atoms with Crippen LogP contribution in [0.1, 0.15) is 53.9 Å². The highest BCUT2D eigenvalue weighted by molar-refractivity contribution is 4.86. The Labute approximate surface area is 83.2 Å². The van der Waals surface area contributed by atoms with Crippen LogP contribution in [0.25, 0.3) is 0 Å². The molecule has 0 atom stereocenters. The summed E-state index contributed by atoms with van der Waals surface area (Å²) in [6.45, 7) is 11.2. The Morgan fingerprint density at radius 2 is 1.46 bits per heavy atom. The lowest BCUT2D eigenvalue weighted by Gasteiger charge is -2.35. The van der Waals surface area contributed by atoms with Gasteiger partial charge in [-0.2, -0.15) is 0 Å². The lowest BCUT2D eigenvalue weighted by molar-refractivity contribution is 0.216. The molecule has 3 N–H and O–H groups in total. The molecule has 0 aromatic carbocycles. The van der Waals surface area contributed by atoms with Crippen molar-refractivity contribution in [1.82, 2.24) is 5.43 Å². The van der Waals surface area contributed by atoms with Crippen LogP contribution >= 0.6 is 0 Å². The second kappa shape index (κ2) is 5.61. The number of hydrazine groups is 1. The van der Waals surface area contributed by atoms with Gasteiger partial charge >= 0.3 is 0 Å². The molecular formula is C11H26N2. The Balaban J connectivity index is 4.30. The number of hydrogen-bond donors (Lipinski definition) is 2. The van der Waals surface area contributed by atoms with Crippen LogP contribution in [-0.4, -0.2) is 5.54 Å². The van der Waals surface area contributed by atoms with E-state index in [1.807, 2.05) is 0 Å². The summed E-state index contributed by atoms with van der Waals surface area (Å²) in [7, 11) is 0. The first-order valence-electron chi connectivity index (χ1n) is 5.43. The number of nitrogens with two attached hydrogens (primary N) is 1. The summed E-state index contributed by atoms with van der Waals surface area (Å²) < 4.78 is 0. The van der Waals surface area contributed by atoms with E-state index in [9.17, 15) is 0 Å². The van der Waals surface area contributed by atoms with E-state index in [1.165, 1.54) is 0 Å². The first kappa shape index (κ1) is 12.9. The SMILES string of the molecule is CCC(CC(C)C)(CC(C)C)NN. The molecule has 0 unspecified atom stereocenters. The minimum absolute atomic E-state index is 0.155. The highest BCUT2D eigenvalue weighted by Gasteiger charge is 2.28. The Morgan fingerprint density at radius 1 is 1.08 bits per heavy atom. The standard InChI is InChI=1S/C11H26N2/c1-6-11(13-12,7-9(2)3)8-10(4)5/h9-10,13H,6-8,12H2,1-5H3. The third-order valence-corrected chi connectivity index (χ3v) is 2.58. The predicted molar refractivity (Wildman–Crippen MR) is 59.3 cm³/mol. The molecule has 80 valence electrons. The van der Waals surface area contributed by atoms with Crippen LogP contribution in [0.5, 0.6) is 0 Å². The van der Waals surface area contributed by atoms with Gasteiger partial charge in [0.05, 0.1) is 0 Å². The second-order valence-electron chi connectivity index (χ2n) is 4.97. The van der Waals surface area contributed by atoms with E-state index in [-0.39, 0.29) is 5.54 Å². The first-order chi connectivity index (χ1) is 5.95. The molecule has 0 fully saturated rings. The number of nitrogens with one attached hydrogen (secondary N) is 1. The van der Waals surface area contributed by atoms with Crippen LogP contribution in [0.2, 0.25) is 0 Å². The average molecular weight is 186 g/mol. The molecule has 0 spiro atoms. The summed E-state index contributed by atoms with van der Waals surface area (Å²) in [5.74, 6) is 7.07. The molecule has 0 aliphatic rings. The van der Waals surface area contributed by atoms with E-state index in [1.54, 1.807) is 0 Å². The van der Waals surface area contributed by atoms with Gasteiger partial charge in [-0.1, -0.05) is 34.6 Å². The second-order valence-corrected chi connectivity index (χ2v) is 4.97. The van der Waals surface area contributed by atoms with E-state index in [2.05, 4.69) is 40.0 Å². The molecule has 0 amide bonds. The Kier molecular flexibility index (Phi) is 5.57. The predicted octanol–water partition coefficient (Wildman–Crippen LogP) is 2.69. The summed E-state index contributed by atoms with van der Waals surface area (Å²) in [4.78, 5) is 0. The Bertz CT molecular complexity index is 114. The Morgan fingerprint density at radius 3 is 1.62 bits per heavy atom. The first-order valence-corrected chi connectivity index (χ1v) is 5.43. The normalized spacial score (nSPS) is 12.9. The van der Waals surface area contributed by atoms with Crippen molar-refractivity contribution < 1.29 is 0 Å². The molecule has 0 aromatic rings. The van der Waals surface area contributed by atoms with Crippen molar-refractivity contribution in [1.29, 1.82) is 0 Å². The van der Waals surface area contributed by atoms with Crippen LogP contribution in [0.3, 0.4) is 0 Å². The average Bonchev–Trinajstić information content (AvgIpc) is 2.01. The molecule has 2 nitrogen and oxygen atoms in total. The number of rotatable bonds is 6. The largest absolute Gasteiger partial charge is 0.271 e. The monoisotopic (exact) mass is 186 g/mol. The van der Waals surface area contributed by atoms with E-state index in [0.717, 1.165) is 19.3 Å². The van der Waals surface area contributed by atoms with Crippen molar-refractivity contribution in [3.63, 3.8) is 0 Å². The number of hydrogen-bond acceptors (Lipinski definition) is 2. The van der Waals surface area contributed by atoms with E-state index in [4.69, 9.17) is 5.84 Å².